The van der Waals surface area contributed by atoms with E-state index in [1.807, 2.05) is 0 Å². The average Bonchev–Trinajstić information content (AvgIpc) is 3.04. The van der Waals surface area contributed by atoms with Crippen LogP contribution < -0.4 is 5.14 Å². The first kappa shape index (κ1) is 17.7. The number of alkyl halides is 2. The van der Waals surface area contributed by atoms with Crippen molar-refractivity contribution in [3.8, 4) is 16.9 Å². The summed E-state index contributed by atoms with van der Waals surface area (Å²) in [7, 11) is -3.76. The molecule has 1 aromatic heterocycles. The molecule has 0 aliphatic heterocycles. The lowest BCUT2D eigenvalue weighted by atomic mass is 10.1. The first-order chi connectivity index (χ1) is 11.8. The van der Waals surface area contributed by atoms with Crippen LogP contribution in [0.25, 0.3) is 16.9 Å². The molecule has 3 aromatic rings. The van der Waals surface area contributed by atoms with Gasteiger partial charge in [0.2, 0.25) is 10.0 Å². The van der Waals surface area contributed by atoms with E-state index in [1.54, 1.807) is 36.5 Å². The summed E-state index contributed by atoms with van der Waals surface area (Å²) in [4.78, 5) is -0.00175. The van der Waals surface area contributed by atoms with E-state index in [-0.39, 0.29) is 10.5 Å². The van der Waals surface area contributed by atoms with E-state index >= 15 is 0 Å². The molecule has 2 aromatic carbocycles. The molecule has 0 saturated carbocycles. The van der Waals surface area contributed by atoms with E-state index in [4.69, 9.17) is 5.14 Å². The monoisotopic (exact) mass is 427 g/mol. The van der Waals surface area contributed by atoms with Gasteiger partial charge in [-0.25, -0.2) is 27.0 Å². The Kier molecular flexibility index (Phi) is 4.72. The Balaban J connectivity index is 1.94. The first-order valence-corrected chi connectivity index (χ1v) is 9.36. The smallest absolute Gasteiger partial charge is 0.240 e. The Labute approximate surface area is 151 Å². The molecule has 9 heteroatoms. The molecule has 0 amide bonds. The number of halogens is 3. The van der Waals surface area contributed by atoms with Gasteiger partial charge in [-0.2, -0.15) is 5.10 Å². The molecule has 5 nitrogen and oxygen atoms in total. The molecule has 3 rings (SSSR count). The van der Waals surface area contributed by atoms with Crippen molar-refractivity contribution in [2.75, 3.05) is 0 Å². The lowest BCUT2D eigenvalue weighted by Gasteiger charge is -2.06. The van der Waals surface area contributed by atoms with Crippen molar-refractivity contribution in [3.63, 3.8) is 0 Å². The van der Waals surface area contributed by atoms with Crippen LogP contribution in [0.2, 0.25) is 0 Å². The van der Waals surface area contributed by atoms with Crippen molar-refractivity contribution in [2.24, 2.45) is 5.14 Å². The van der Waals surface area contributed by atoms with Crippen molar-refractivity contribution in [1.29, 1.82) is 0 Å². The molecule has 130 valence electrons. The van der Waals surface area contributed by atoms with Crippen molar-refractivity contribution in [1.82, 2.24) is 9.78 Å². The zero-order valence-corrected chi connectivity index (χ0v) is 15.0. The lowest BCUT2D eigenvalue weighted by molar-refractivity contribution is 0.150. The summed E-state index contributed by atoms with van der Waals surface area (Å²) in [5.41, 5.74) is 1.58. The van der Waals surface area contributed by atoms with Gasteiger partial charge in [0.1, 0.15) is 0 Å². The Bertz CT molecular complexity index is 1020. The normalized spacial score (nSPS) is 11.9. The van der Waals surface area contributed by atoms with Gasteiger partial charge in [-0.3, -0.25) is 0 Å². The number of hydrogen-bond acceptors (Lipinski definition) is 3. The third-order valence-corrected chi connectivity index (χ3v) is 5.20. The van der Waals surface area contributed by atoms with E-state index in [0.29, 0.717) is 21.4 Å². The molecule has 0 bridgehead atoms. The molecule has 0 aliphatic carbocycles. The van der Waals surface area contributed by atoms with Crippen LogP contribution in [0.1, 0.15) is 12.0 Å². The molecule has 0 atom stereocenters. The fraction of sp³-hybridized carbons (Fsp3) is 0.0625. The topological polar surface area (TPSA) is 78.0 Å². The largest absolute Gasteiger partial charge is 0.264 e. The first-order valence-electron chi connectivity index (χ1n) is 7.02. The van der Waals surface area contributed by atoms with Crippen LogP contribution in [-0.2, 0) is 10.0 Å². The maximum Gasteiger partial charge on any atom is 0.264 e. The Morgan fingerprint density at radius 1 is 1.08 bits per heavy atom. The Hall–Kier alpha value is -2.10. The fourth-order valence-corrected chi connectivity index (χ4v) is 3.22. The van der Waals surface area contributed by atoms with Gasteiger partial charge >= 0.3 is 0 Å². The number of benzene rings is 2. The Morgan fingerprint density at radius 2 is 1.76 bits per heavy atom. The summed E-state index contributed by atoms with van der Waals surface area (Å²) < 4.78 is 50.4. The molecule has 0 fully saturated rings. The highest BCUT2D eigenvalue weighted by Crippen LogP contribution is 2.31. The molecular formula is C16H12BrF2N3O2S. The van der Waals surface area contributed by atoms with Gasteiger partial charge in [0, 0.05) is 21.8 Å². The fourth-order valence-electron chi connectivity index (χ4n) is 2.28. The van der Waals surface area contributed by atoms with Crippen LogP contribution in [0.3, 0.4) is 0 Å². The molecule has 0 aliphatic rings. The van der Waals surface area contributed by atoms with Crippen LogP contribution >= 0.6 is 15.9 Å². The van der Waals surface area contributed by atoms with E-state index in [9.17, 15) is 17.2 Å². The molecule has 0 saturated heterocycles. The summed E-state index contributed by atoms with van der Waals surface area (Å²) in [5.74, 6) is 0. The summed E-state index contributed by atoms with van der Waals surface area (Å²) >= 11 is 3.10. The number of nitrogens with two attached hydrogens (primary N) is 1. The van der Waals surface area contributed by atoms with Gasteiger partial charge < -0.3 is 0 Å². The SMILES string of the molecule is NS(=O)(=O)c1ccc(-n2ccc(-c3ccc(Br)c(C(F)F)c3)n2)cc1. The number of primary sulfonamides is 1. The van der Waals surface area contributed by atoms with Gasteiger partial charge in [0.15, 0.2) is 0 Å². The molecule has 0 radical (unpaired) electrons. The predicted molar refractivity (Wildman–Crippen MR) is 93.0 cm³/mol. The quantitative estimate of drug-likeness (QED) is 0.685. The van der Waals surface area contributed by atoms with Crippen LogP contribution in [-0.4, -0.2) is 18.2 Å². The highest BCUT2D eigenvalue weighted by Gasteiger charge is 2.14. The predicted octanol–water partition coefficient (Wildman–Crippen LogP) is 3.89. The van der Waals surface area contributed by atoms with Gasteiger partial charge in [-0.1, -0.05) is 22.0 Å². The average molecular weight is 428 g/mol. The number of sulfonamides is 1. The zero-order valence-electron chi connectivity index (χ0n) is 12.6. The molecular weight excluding hydrogens is 416 g/mol. The second-order valence-electron chi connectivity index (χ2n) is 5.22. The van der Waals surface area contributed by atoms with Crippen molar-refractivity contribution in [3.05, 3.63) is 64.8 Å². The minimum atomic E-state index is -3.76. The minimum absolute atomic E-state index is 0.00175. The molecule has 2 N–H and O–H groups in total. The summed E-state index contributed by atoms with van der Waals surface area (Å²) in [6, 6.07) is 12.2. The summed E-state index contributed by atoms with van der Waals surface area (Å²) in [5, 5.41) is 9.41. The van der Waals surface area contributed by atoms with Crippen molar-refractivity contribution in [2.45, 2.75) is 11.3 Å². The maximum absolute atomic E-state index is 13.0. The number of nitrogens with zero attached hydrogens (tertiary/aromatic N) is 2. The molecule has 25 heavy (non-hydrogen) atoms. The lowest BCUT2D eigenvalue weighted by Crippen LogP contribution is -2.12. The van der Waals surface area contributed by atoms with Gasteiger partial charge in [0.05, 0.1) is 16.3 Å². The number of hydrogen-bond donors (Lipinski definition) is 1. The van der Waals surface area contributed by atoms with E-state index in [0.717, 1.165) is 0 Å². The summed E-state index contributed by atoms with van der Waals surface area (Å²) in [6.07, 6.45) is -0.937. The maximum atomic E-state index is 13.0. The van der Waals surface area contributed by atoms with Crippen molar-refractivity contribution >= 4 is 26.0 Å². The third kappa shape index (κ3) is 3.78. The summed E-state index contributed by atoms with van der Waals surface area (Å²) in [6.45, 7) is 0. The van der Waals surface area contributed by atoms with E-state index in [2.05, 4.69) is 21.0 Å². The highest BCUT2D eigenvalue weighted by atomic mass is 79.9. The van der Waals surface area contributed by atoms with Crippen LogP contribution in [0, 0.1) is 0 Å². The van der Waals surface area contributed by atoms with Gasteiger partial charge in [-0.15, -0.1) is 0 Å². The molecule has 0 unspecified atom stereocenters. The second-order valence-corrected chi connectivity index (χ2v) is 7.64. The molecule has 0 spiro atoms. The standard InChI is InChI=1S/C16H12BrF2N3O2S/c17-14-6-1-10(9-13(14)16(18)19)15-7-8-22(21-15)11-2-4-12(5-3-11)25(20,23)24/h1-9,16H,(H2,20,23,24). The number of rotatable bonds is 4. The highest BCUT2D eigenvalue weighted by molar-refractivity contribution is 9.10. The van der Waals surface area contributed by atoms with Crippen molar-refractivity contribution < 1.29 is 17.2 Å². The third-order valence-electron chi connectivity index (χ3n) is 3.55. The van der Waals surface area contributed by atoms with Gasteiger partial charge in [-0.05, 0) is 42.5 Å². The van der Waals surface area contributed by atoms with E-state index in [1.165, 1.54) is 22.9 Å². The van der Waals surface area contributed by atoms with Crippen LogP contribution in [0.5, 0.6) is 0 Å². The number of aromatic nitrogens is 2. The van der Waals surface area contributed by atoms with Crippen LogP contribution in [0.15, 0.2) is 64.1 Å². The zero-order chi connectivity index (χ0) is 18.2. The molecule has 1 heterocycles. The Morgan fingerprint density at radius 3 is 2.36 bits per heavy atom. The van der Waals surface area contributed by atoms with E-state index < -0.39 is 16.4 Å². The second kappa shape index (κ2) is 6.66. The van der Waals surface area contributed by atoms with Gasteiger partial charge in [0.25, 0.3) is 6.43 Å². The van der Waals surface area contributed by atoms with Crippen LogP contribution in [0.4, 0.5) is 8.78 Å². The minimum Gasteiger partial charge on any atom is -0.240 e.